The molecule has 1 fully saturated rings. The van der Waals surface area contributed by atoms with Crippen molar-refractivity contribution in [2.75, 3.05) is 6.61 Å². The Bertz CT molecular complexity index is 196. The summed E-state index contributed by atoms with van der Waals surface area (Å²) in [6, 6.07) is 0. The molecular formula is C10H20O5. The maximum Gasteiger partial charge on any atom is 0.160 e. The van der Waals surface area contributed by atoms with E-state index >= 15 is 0 Å². The Morgan fingerprint density at radius 3 is 2.20 bits per heavy atom. The van der Waals surface area contributed by atoms with Crippen LogP contribution in [0.4, 0.5) is 0 Å². The van der Waals surface area contributed by atoms with Crippen LogP contribution < -0.4 is 0 Å². The van der Waals surface area contributed by atoms with E-state index in [-0.39, 0.29) is 5.92 Å². The van der Waals surface area contributed by atoms with Crippen molar-refractivity contribution in [3.05, 3.63) is 0 Å². The van der Waals surface area contributed by atoms with E-state index < -0.39 is 30.7 Å². The Hall–Kier alpha value is -0.200. The first-order valence-electron chi connectivity index (χ1n) is 5.22. The summed E-state index contributed by atoms with van der Waals surface area (Å²) in [5.74, 6) is -1.18. The summed E-state index contributed by atoms with van der Waals surface area (Å²) < 4.78 is 5.28. The average Bonchev–Trinajstić information content (AvgIpc) is 2.93. The molecule has 4 N–H and O–H groups in total. The van der Waals surface area contributed by atoms with Crippen molar-refractivity contribution < 1.29 is 25.2 Å². The largest absolute Gasteiger partial charge is 0.394 e. The molecule has 0 amide bonds. The van der Waals surface area contributed by atoms with E-state index in [2.05, 4.69) is 0 Å². The highest BCUT2D eigenvalue weighted by Crippen LogP contribution is 2.37. The molecule has 0 aromatic carbocycles. The van der Waals surface area contributed by atoms with Gasteiger partial charge in [0.25, 0.3) is 0 Å². The van der Waals surface area contributed by atoms with Crippen LogP contribution in [0.5, 0.6) is 0 Å². The molecule has 1 rings (SSSR count). The molecule has 0 aromatic heterocycles. The summed E-state index contributed by atoms with van der Waals surface area (Å²) in [6.07, 6.45) is -1.18. The smallest absolute Gasteiger partial charge is 0.160 e. The molecule has 0 aromatic rings. The van der Waals surface area contributed by atoms with Gasteiger partial charge >= 0.3 is 0 Å². The van der Waals surface area contributed by atoms with Crippen molar-refractivity contribution in [1.82, 2.24) is 0 Å². The molecule has 5 nitrogen and oxygen atoms in total. The van der Waals surface area contributed by atoms with Crippen molar-refractivity contribution in [3.8, 4) is 0 Å². The van der Waals surface area contributed by atoms with Gasteiger partial charge in [0, 0.05) is 0 Å². The van der Waals surface area contributed by atoms with Gasteiger partial charge in [0.2, 0.25) is 0 Å². The zero-order chi connectivity index (χ0) is 11.6. The normalized spacial score (nSPS) is 23.6. The lowest BCUT2D eigenvalue weighted by Crippen LogP contribution is -2.46. The average molecular weight is 220 g/mol. The Morgan fingerprint density at radius 2 is 1.87 bits per heavy atom. The highest BCUT2D eigenvalue weighted by Gasteiger charge is 2.41. The van der Waals surface area contributed by atoms with Crippen molar-refractivity contribution in [3.63, 3.8) is 0 Å². The van der Waals surface area contributed by atoms with E-state index in [9.17, 15) is 15.3 Å². The molecule has 1 saturated carbocycles. The van der Waals surface area contributed by atoms with Crippen LogP contribution in [0.3, 0.4) is 0 Å². The van der Waals surface area contributed by atoms with Crippen LogP contribution in [0, 0.1) is 5.92 Å². The van der Waals surface area contributed by atoms with Crippen molar-refractivity contribution in [2.45, 2.75) is 50.8 Å². The molecule has 0 aliphatic heterocycles. The summed E-state index contributed by atoms with van der Waals surface area (Å²) in [5.41, 5.74) is 0. The molecule has 1 aliphatic carbocycles. The summed E-state index contributed by atoms with van der Waals surface area (Å²) in [6.45, 7) is 2.43. The maximum atomic E-state index is 9.71. The number of rotatable bonds is 6. The number of hydrogen-bond acceptors (Lipinski definition) is 5. The van der Waals surface area contributed by atoms with Gasteiger partial charge in [0.05, 0.1) is 12.7 Å². The minimum absolute atomic E-state index is 0.160. The predicted octanol–water partition coefficient (Wildman–Crippen LogP) is -0.776. The summed E-state index contributed by atoms with van der Waals surface area (Å²) >= 11 is 0. The van der Waals surface area contributed by atoms with Crippen LogP contribution in [0.15, 0.2) is 0 Å². The number of aliphatic hydroxyl groups is 4. The van der Waals surface area contributed by atoms with Crippen LogP contribution in [-0.2, 0) is 4.74 Å². The second-order valence-electron chi connectivity index (χ2n) is 4.61. The zero-order valence-corrected chi connectivity index (χ0v) is 9.13. The Morgan fingerprint density at radius 1 is 1.33 bits per heavy atom. The van der Waals surface area contributed by atoms with Crippen molar-refractivity contribution >= 4 is 0 Å². The SMILES string of the molecule is CC(C)(O)OC(C1CC1)C(O)C(O)CO. The minimum atomic E-state index is -1.34. The first-order valence-corrected chi connectivity index (χ1v) is 5.22. The van der Waals surface area contributed by atoms with Gasteiger partial charge in [-0.3, -0.25) is 0 Å². The van der Waals surface area contributed by atoms with E-state index in [4.69, 9.17) is 9.84 Å². The van der Waals surface area contributed by atoms with E-state index in [1.54, 1.807) is 0 Å². The Balaban J connectivity index is 2.57. The topological polar surface area (TPSA) is 90.2 Å². The lowest BCUT2D eigenvalue weighted by molar-refractivity contribution is -0.240. The van der Waals surface area contributed by atoms with Gasteiger partial charge in [-0.1, -0.05) is 0 Å². The molecule has 3 unspecified atom stereocenters. The van der Waals surface area contributed by atoms with Crippen LogP contribution in [0.25, 0.3) is 0 Å². The van der Waals surface area contributed by atoms with Gasteiger partial charge in [0.1, 0.15) is 12.2 Å². The van der Waals surface area contributed by atoms with Gasteiger partial charge in [-0.25, -0.2) is 0 Å². The monoisotopic (exact) mass is 220 g/mol. The molecule has 3 atom stereocenters. The fourth-order valence-corrected chi connectivity index (χ4v) is 1.53. The van der Waals surface area contributed by atoms with Gasteiger partial charge in [-0.15, -0.1) is 0 Å². The maximum absolute atomic E-state index is 9.71. The fraction of sp³-hybridized carbons (Fsp3) is 1.00. The minimum Gasteiger partial charge on any atom is -0.394 e. The second kappa shape index (κ2) is 4.76. The van der Waals surface area contributed by atoms with Gasteiger partial charge < -0.3 is 25.2 Å². The summed E-state index contributed by atoms with van der Waals surface area (Å²) in [7, 11) is 0. The van der Waals surface area contributed by atoms with Crippen LogP contribution in [-0.4, -0.2) is 51.1 Å². The first-order chi connectivity index (χ1) is 6.85. The van der Waals surface area contributed by atoms with Crippen LogP contribution >= 0.6 is 0 Å². The van der Waals surface area contributed by atoms with Gasteiger partial charge in [-0.2, -0.15) is 0 Å². The molecule has 5 heteroatoms. The molecule has 1 aliphatic rings. The van der Waals surface area contributed by atoms with E-state index in [0.29, 0.717) is 0 Å². The fourth-order valence-electron chi connectivity index (χ4n) is 1.53. The summed E-state index contributed by atoms with van der Waals surface area (Å²) in [4.78, 5) is 0. The number of aliphatic hydroxyl groups excluding tert-OH is 3. The first kappa shape index (κ1) is 12.9. The second-order valence-corrected chi connectivity index (χ2v) is 4.61. The van der Waals surface area contributed by atoms with E-state index in [1.807, 2.05) is 0 Å². The van der Waals surface area contributed by atoms with Crippen LogP contribution in [0.2, 0.25) is 0 Å². The zero-order valence-electron chi connectivity index (χ0n) is 9.13. The molecular weight excluding hydrogens is 200 g/mol. The van der Waals surface area contributed by atoms with Gasteiger partial charge in [-0.05, 0) is 32.6 Å². The lowest BCUT2D eigenvalue weighted by atomic mass is 10.0. The molecule has 0 spiro atoms. The Kier molecular flexibility index (Phi) is 4.08. The predicted molar refractivity (Wildman–Crippen MR) is 53.0 cm³/mol. The number of ether oxygens (including phenoxy) is 1. The molecule has 0 radical (unpaired) electrons. The molecule has 0 saturated heterocycles. The van der Waals surface area contributed by atoms with Crippen molar-refractivity contribution in [2.24, 2.45) is 5.92 Å². The molecule has 90 valence electrons. The van der Waals surface area contributed by atoms with Crippen LogP contribution in [0.1, 0.15) is 26.7 Å². The van der Waals surface area contributed by atoms with E-state index in [1.165, 1.54) is 13.8 Å². The quantitative estimate of drug-likeness (QED) is 0.441. The highest BCUT2D eigenvalue weighted by molar-refractivity contribution is 4.90. The third-order valence-electron chi connectivity index (χ3n) is 2.43. The third-order valence-corrected chi connectivity index (χ3v) is 2.43. The highest BCUT2D eigenvalue weighted by atomic mass is 16.6. The third kappa shape index (κ3) is 4.04. The van der Waals surface area contributed by atoms with Gasteiger partial charge in [0.15, 0.2) is 5.79 Å². The van der Waals surface area contributed by atoms with Crippen molar-refractivity contribution in [1.29, 1.82) is 0 Å². The lowest BCUT2D eigenvalue weighted by Gasteiger charge is -2.31. The molecule has 0 heterocycles. The summed E-state index contributed by atoms with van der Waals surface area (Å²) in [5, 5.41) is 37.2. The standard InChI is InChI=1S/C10H20O5/c1-10(2,14)15-9(6-3-4-6)8(13)7(12)5-11/h6-9,11-14H,3-5H2,1-2H3. The number of hydrogen-bond donors (Lipinski definition) is 4. The molecule has 0 bridgehead atoms. The van der Waals surface area contributed by atoms with E-state index in [0.717, 1.165) is 12.8 Å². The molecule has 15 heavy (non-hydrogen) atoms. The Labute approximate surface area is 89.3 Å².